The lowest BCUT2D eigenvalue weighted by atomic mass is 9.78. The number of rotatable bonds is 6. The second-order valence-corrected chi connectivity index (χ2v) is 10.8. The van der Waals surface area contributed by atoms with Crippen LogP contribution in [0.4, 0.5) is 0 Å². The summed E-state index contributed by atoms with van der Waals surface area (Å²) in [6, 6.07) is 17.0. The molecule has 0 aromatic heterocycles. The highest BCUT2D eigenvalue weighted by Crippen LogP contribution is 2.45. The molecule has 5 heterocycles. The highest BCUT2D eigenvalue weighted by atomic mass is 16.6. The van der Waals surface area contributed by atoms with Crippen LogP contribution >= 0.6 is 0 Å². The first-order chi connectivity index (χ1) is 22.7. The molecule has 3 saturated heterocycles. The summed E-state index contributed by atoms with van der Waals surface area (Å²) in [6.07, 6.45) is 5.48. The molecule has 2 aromatic rings. The van der Waals surface area contributed by atoms with E-state index in [1.165, 1.54) is 17.1 Å². The summed E-state index contributed by atoms with van der Waals surface area (Å²) < 4.78 is 26.7. The Morgan fingerprint density at radius 3 is 1.76 bits per heavy atom. The van der Waals surface area contributed by atoms with Crippen molar-refractivity contribution < 1.29 is 57.9 Å². The van der Waals surface area contributed by atoms with Gasteiger partial charge in [0.1, 0.15) is 0 Å². The van der Waals surface area contributed by atoms with Gasteiger partial charge in [0.2, 0.25) is 11.8 Å². The Kier molecular flexibility index (Phi) is 9.96. The largest absolute Gasteiger partial charge is 0.494 e. The summed E-state index contributed by atoms with van der Waals surface area (Å²) in [5.74, 6) is -2.24. The van der Waals surface area contributed by atoms with Crippen molar-refractivity contribution >= 4 is 48.8 Å². The lowest BCUT2D eigenvalue weighted by molar-refractivity contribution is -0.147. The molecule has 5 aliphatic heterocycles. The maximum atomic E-state index is 12.1. The highest BCUT2D eigenvalue weighted by Gasteiger charge is 2.61. The molecule has 0 radical (unpaired) electrons. The number of fused-ring (bicyclic) bond motifs is 5. The zero-order valence-electron chi connectivity index (χ0n) is 26.1. The van der Waals surface area contributed by atoms with Crippen molar-refractivity contribution in [1.29, 1.82) is 0 Å². The molecule has 0 spiro atoms. The number of aliphatic hydroxyl groups excluding tert-OH is 2. The Morgan fingerprint density at radius 1 is 0.822 bits per heavy atom. The number of imide groups is 2. The topological polar surface area (TPSA) is 183 Å². The molecule has 0 aliphatic carbocycles. The first-order valence-corrected chi connectivity index (χ1v) is 14.4. The fourth-order valence-corrected chi connectivity index (χ4v) is 5.75. The van der Waals surface area contributed by atoms with E-state index in [2.05, 4.69) is 0 Å². The standard InChI is InChI=1S/C13H12BNO4.C11H13NO5.C6H7BO2.2H2/c16-12-6-7-13(17)15(12)11-8-18-14(19-9-11)10-4-2-1-3-5-10;13-3-5(4-14)12-10(15)8-6-1-2-7(17-6)9(8)11(12)16;8-7(9)6-4-2-1-3-5-6;;/h1-7,11H,8-9H2;1-2,5-9,13-14H,3-4H2;1-5,8-9H;2*1H/i;;;1+1D;1+1. The van der Waals surface area contributed by atoms with Crippen LogP contribution in [0, 0.1) is 11.8 Å². The van der Waals surface area contributed by atoms with Gasteiger partial charge >= 0.3 is 14.2 Å². The minimum absolute atomic E-state index is 0. The molecule has 4 atom stereocenters. The van der Waals surface area contributed by atoms with E-state index in [4.69, 9.17) is 37.3 Å². The van der Waals surface area contributed by atoms with Crippen LogP contribution in [0.2, 0.25) is 0 Å². The average molecular weight is 625 g/mol. The molecule has 45 heavy (non-hydrogen) atoms. The quantitative estimate of drug-likeness (QED) is 0.156. The number of carbonyl (C=O) groups is 4. The predicted octanol–water partition coefficient (Wildman–Crippen LogP) is -2.14. The van der Waals surface area contributed by atoms with Gasteiger partial charge in [-0.15, -0.1) is 0 Å². The number of ether oxygens (including phenoxy) is 1. The van der Waals surface area contributed by atoms with Gasteiger partial charge in [0.25, 0.3) is 11.8 Å². The third-order valence-electron chi connectivity index (χ3n) is 7.99. The van der Waals surface area contributed by atoms with Crippen molar-refractivity contribution in [2.75, 3.05) is 26.4 Å². The Labute approximate surface area is 264 Å². The van der Waals surface area contributed by atoms with Crippen LogP contribution < -0.4 is 10.9 Å². The summed E-state index contributed by atoms with van der Waals surface area (Å²) >= 11 is 0. The van der Waals surface area contributed by atoms with Crippen LogP contribution in [-0.2, 0) is 33.2 Å². The normalized spacial score (nSPS) is 25.2. The molecule has 4 unspecified atom stereocenters. The molecule has 0 saturated carbocycles. The first kappa shape index (κ1) is 31.0. The van der Waals surface area contributed by atoms with E-state index in [9.17, 15) is 19.2 Å². The number of benzene rings is 2. The van der Waals surface area contributed by atoms with Crippen molar-refractivity contribution in [3.63, 3.8) is 0 Å². The number of carbonyl (C=O) groups excluding carboxylic acids is 4. The Morgan fingerprint density at radius 2 is 1.31 bits per heavy atom. The van der Waals surface area contributed by atoms with Gasteiger partial charge in [-0.2, -0.15) is 0 Å². The van der Waals surface area contributed by atoms with Crippen LogP contribution in [0.5, 0.6) is 0 Å². The zero-order chi connectivity index (χ0) is 34.1. The van der Waals surface area contributed by atoms with Crippen molar-refractivity contribution in [3.8, 4) is 0 Å². The van der Waals surface area contributed by atoms with Gasteiger partial charge in [0, 0.05) is 16.5 Å². The van der Waals surface area contributed by atoms with E-state index in [1.54, 1.807) is 36.4 Å². The molecule has 5 aliphatic rings. The molecular weight excluding hydrogens is 586 g/mol. The maximum absolute atomic E-state index is 12.1. The average Bonchev–Trinajstić information content (AvgIpc) is 3.88. The smallest absolute Gasteiger partial charge is 0.423 e. The Bertz CT molecular complexity index is 1400. The SMILES string of the molecule is O=C1C2C3C=CC(O3)C2C(=O)N1C(CO)CO.O=C1C=CC(=O)N1C1COB(c2ccccc2)OC1.OB(O)c1ccccc1.[2HH].[2H][2H]. The number of nitrogens with zero attached hydrogens (tertiary/aromatic N) is 2. The molecule has 238 valence electrons. The van der Waals surface area contributed by atoms with Crippen molar-refractivity contribution in [2.45, 2.75) is 24.3 Å². The summed E-state index contributed by atoms with van der Waals surface area (Å²) in [5, 5.41) is 35.3. The molecule has 4 N–H and O–H groups in total. The second kappa shape index (κ2) is 14.4. The predicted molar refractivity (Wildman–Crippen MR) is 164 cm³/mol. The van der Waals surface area contributed by atoms with Gasteiger partial charge < -0.3 is 34.3 Å². The number of hydrogen-bond donors (Lipinski definition) is 4. The molecule has 7 rings (SSSR count). The highest BCUT2D eigenvalue weighted by molar-refractivity contribution is 6.61. The van der Waals surface area contributed by atoms with Crippen molar-refractivity contribution in [1.82, 2.24) is 9.80 Å². The van der Waals surface area contributed by atoms with E-state index in [0.29, 0.717) is 18.7 Å². The molecule has 3 fully saturated rings. The monoisotopic (exact) mass is 625 g/mol. The van der Waals surface area contributed by atoms with Gasteiger partial charge in [-0.3, -0.25) is 29.0 Å². The van der Waals surface area contributed by atoms with Crippen LogP contribution in [0.25, 0.3) is 0 Å². The van der Waals surface area contributed by atoms with E-state index in [1.807, 2.05) is 36.4 Å². The molecule has 2 aromatic carbocycles. The van der Waals surface area contributed by atoms with Gasteiger partial charge in [0.05, 0.1) is 62.6 Å². The zero-order valence-corrected chi connectivity index (χ0v) is 24.1. The van der Waals surface area contributed by atoms with E-state index in [-0.39, 0.29) is 43.3 Å². The third kappa shape index (κ3) is 6.84. The maximum Gasteiger partial charge on any atom is 0.494 e. The molecule has 13 nitrogen and oxygen atoms in total. The minimum Gasteiger partial charge on any atom is -0.423 e. The summed E-state index contributed by atoms with van der Waals surface area (Å²) in [7, 11) is -1.77. The van der Waals surface area contributed by atoms with Gasteiger partial charge in [0.15, 0.2) is 0 Å². The second-order valence-electron chi connectivity index (χ2n) is 10.8. The molecule has 4 amide bonds. The lowest BCUT2D eigenvalue weighted by Crippen LogP contribution is -2.54. The lowest BCUT2D eigenvalue weighted by Gasteiger charge is -2.32. The van der Waals surface area contributed by atoms with Crippen molar-refractivity contribution in [2.24, 2.45) is 11.8 Å². The van der Waals surface area contributed by atoms with Crippen LogP contribution in [0.3, 0.4) is 0 Å². The fraction of sp³-hybridized carbons (Fsp3) is 0.333. The van der Waals surface area contributed by atoms with E-state index >= 15 is 0 Å². The summed E-state index contributed by atoms with van der Waals surface area (Å²) in [5.41, 5.74) is 1.45. The Balaban J connectivity index is 0.000000199. The first-order valence-electron chi connectivity index (χ1n) is 15.4. The minimum atomic E-state index is -1.34. The van der Waals surface area contributed by atoms with Crippen molar-refractivity contribution in [3.05, 3.63) is 85.0 Å². The number of hydrogen-bond acceptors (Lipinski definition) is 11. The summed E-state index contributed by atoms with van der Waals surface area (Å²) in [6.45, 7) is -0.258. The van der Waals surface area contributed by atoms with Gasteiger partial charge in [-0.25, -0.2) is 0 Å². The van der Waals surface area contributed by atoms with E-state index in [0.717, 1.165) is 10.4 Å². The van der Waals surface area contributed by atoms with E-state index < -0.39 is 45.3 Å². The van der Waals surface area contributed by atoms with Crippen LogP contribution in [-0.4, -0.2) is 119 Å². The number of aliphatic hydroxyl groups is 2. The number of likely N-dealkylation sites (tertiary alicyclic amines) is 1. The third-order valence-corrected chi connectivity index (χ3v) is 7.99. The van der Waals surface area contributed by atoms with Gasteiger partial charge in [-0.05, 0) is 10.9 Å². The fourth-order valence-electron chi connectivity index (χ4n) is 5.75. The molecule has 2 bridgehead atoms. The molecular formula is C30H36B2N2O11. The van der Waals surface area contributed by atoms with Crippen LogP contribution in [0.1, 0.15) is 4.40 Å². The summed E-state index contributed by atoms with van der Waals surface area (Å²) in [4.78, 5) is 49.5. The van der Waals surface area contributed by atoms with Gasteiger partial charge in [-0.1, -0.05) is 72.8 Å². The molecule has 15 heteroatoms. The Hall–Kier alpha value is -3.95. The number of amides is 4. The van der Waals surface area contributed by atoms with Crippen LogP contribution in [0.15, 0.2) is 85.0 Å².